The summed E-state index contributed by atoms with van der Waals surface area (Å²) >= 11 is 0. The standard InChI is InChI=1S/C15H24N4O3S.ClH/c1-18-8-7-17-15(18)13-10-16-6-9-19(13)14(20)11-23(21,22)12-4-2-3-5-12;/h7-8,12-13,16H,2-6,9-11H2,1H3;1H. The maximum absolute atomic E-state index is 12.7. The first kappa shape index (κ1) is 19.2. The predicted octanol–water partition coefficient (Wildman–Crippen LogP) is 0.672. The molecule has 1 aliphatic heterocycles. The number of sulfone groups is 1. The minimum absolute atomic E-state index is 0. The monoisotopic (exact) mass is 376 g/mol. The molecule has 0 bridgehead atoms. The number of nitrogens with zero attached hydrogens (tertiary/aromatic N) is 3. The number of imidazole rings is 1. The van der Waals surface area contributed by atoms with Crippen LogP contribution in [0.5, 0.6) is 0 Å². The fraction of sp³-hybridized carbons (Fsp3) is 0.733. The molecular weight excluding hydrogens is 352 g/mol. The molecule has 136 valence electrons. The molecule has 0 aromatic carbocycles. The van der Waals surface area contributed by atoms with E-state index in [2.05, 4.69) is 10.3 Å². The van der Waals surface area contributed by atoms with E-state index in [9.17, 15) is 13.2 Å². The number of hydrogen-bond acceptors (Lipinski definition) is 5. The van der Waals surface area contributed by atoms with E-state index in [4.69, 9.17) is 0 Å². The van der Waals surface area contributed by atoms with Crippen molar-refractivity contribution in [2.75, 3.05) is 25.4 Å². The SMILES string of the molecule is Cl.Cn1ccnc1C1CNCCN1C(=O)CS(=O)(=O)C1CCCC1. The predicted molar refractivity (Wildman–Crippen MR) is 93.8 cm³/mol. The van der Waals surface area contributed by atoms with Crippen molar-refractivity contribution in [1.82, 2.24) is 19.8 Å². The van der Waals surface area contributed by atoms with Crippen molar-refractivity contribution in [3.05, 3.63) is 18.2 Å². The average molecular weight is 377 g/mol. The largest absolute Gasteiger partial charge is 0.336 e. The number of aromatic nitrogens is 2. The van der Waals surface area contributed by atoms with Crippen LogP contribution >= 0.6 is 12.4 Å². The molecule has 7 nitrogen and oxygen atoms in total. The van der Waals surface area contributed by atoms with Crippen LogP contribution < -0.4 is 5.32 Å². The Morgan fingerprint density at radius 1 is 1.38 bits per heavy atom. The second-order valence-corrected chi connectivity index (χ2v) is 8.70. The molecule has 1 saturated heterocycles. The number of carbonyl (C=O) groups is 1. The lowest BCUT2D eigenvalue weighted by Gasteiger charge is -2.35. The molecule has 2 heterocycles. The van der Waals surface area contributed by atoms with Crippen molar-refractivity contribution < 1.29 is 13.2 Å². The van der Waals surface area contributed by atoms with Crippen LogP contribution in [0.3, 0.4) is 0 Å². The Bertz CT molecular complexity index is 670. The van der Waals surface area contributed by atoms with Crippen LogP contribution in [0, 0.1) is 0 Å². The highest BCUT2D eigenvalue weighted by Gasteiger charge is 2.36. The molecule has 9 heteroatoms. The van der Waals surface area contributed by atoms with Crippen LogP contribution in [0.15, 0.2) is 12.4 Å². The number of nitrogens with one attached hydrogen (secondary N) is 1. The van der Waals surface area contributed by atoms with Gasteiger partial charge in [0.25, 0.3) is 0 Å². The highest BCUT2D eigenvalue weighted by atomic mass is 35.5. The van der Waals surface area contributed by atoms with Crippen molar-refractivity contribution in [2.45, 2.75) is 37.0 Å². The topological polar surface area (TPSA) is 84.3 Å². The van der Waals surface area contributed by atoms with Crippen LogP contribution in [0.1, 0.15) is 37.5 Å². The van der Waals surface area contributed by atoms with Gasteiger partial charge in [-0.3, -0.25) is 4.79 Å². The third-order valence-corrected chi connectivity index (χ3v) is 6.99. The molecule has 0 spiro atoms. The molecule has 1 N–H and O–H groups in total. The second kappa shape index (κ2) is 7.84. The van der Waals surface area contributed by atoms with Gasteiger partial charge in [-0.25, -0.2) is 13.4 Å². The summed E-state index contributed by atoms with van der Waals surface area (Å²) in [4.78, 5) is 18.7. The maximum atomic E-state index is 12.7. The summed E-state index contributed by atoms with van der Waals surface area (Å²) in [6.45, 7) is 1.78. The summed E-state index contributed by atoms with van der Waals surface area (Å²) in [5, 5.41) is 2.92. The molecule has 3 rings (SSSR count). The summed E-state index contributed by atoms with van der Waals surface area (Å²) in [5.41, 5.74) is 0. The Hall–Kier alpha value is -1.12. The van der Waals surface area contributed by atoms with E-state index in [1.54, 1.807) is 11.1 Å². The van der Waals surface area contributed by atoms with E-state index in [1.165, 1.54) is 0 Å². The first-order valence-electron chi connectivity index (χ1n) is 8.18. The van der Waals surface area contributed by atoms with Crippen molar-refractivity contribution in [1.29, 1.82) is 0 Å². The lowest BCUT2D eigenvalue weighted by Crippen LogP contribution is -2.51. The minimum atomic E-state index is -3.35. The average Bonchev–Trinajstić information content (AvgIpc) is 3.18. The van der Waals surface area contributed by atoms with E-state index < -0.39 is 9.84 Å². The zero-order valence-electron chi connectivity index (χ0n) is 13.8. The molecule has 0 radical (unpaired) electrons. The molecule has 1 unspecified atom stereocenters. The number of hydrogen-bond donors (Lipinski definition) is 1. The molecule has 1 aliphatic carbocycles. The van der Waals surface area contributed by atoms with Crippen molar-refractivity contribution in [3.63, 3.8) is 0 Å². The van der Waals surface area contributed by atoms with Crippen LogP contribution in [0.25, 0.3) is 0 Å². The lowest BCUT2D eigenvalue weighted by atomic mass is 10.1. The van der Waals surface area contributed by atoms with E-state index in [0.717, 1.165) is 18.7 Å². The van der Waals surface area contributed by atoms with Gasteiger partial charge in [-0.05, 0) is 12.8 Å². The van der Waals surface area contributed by atoms with Gasteiger partial charge in [0, 0.05) is 39.1 Å². The summed E-state index contributed by atoms with van der Waals surface area (Å²) in [6, 6.07) is -0.213. The molecular formula is C15H25ClN4O3S. The Morgan fingerprint density at radius 3 is 2.71 bits per heavy atom. The van der Waals surface area contributed by atoms with Crippen molar-refractivity contribution in [2.24, 2.45) is 7.05 Å². The third-order valence-electron chi connectivity index (χ3n) is 4.85. The van der Waals surface area contributed by atoms with Gasteiger partial charge in [0.2, 0.25) is 5.91 Å². The van der Waals surface area contributed by atoms with Gasteiger partial charge in [-0.2, -0.15) is 0 Å². The van der Waals surface area contributed by atoms with E-state index in [-0.39, 0.29) is 35.4 Å². The molecule has 2 fully saturated rings. The molecule has 1 aromatic rings. The highest BCUT2D eigenvalue weighted by Crippen LogP contribution is 2.26. The van der Waals surface area contributed by atoms with E-state index >= 15 is 0 Å². The molecule has 1 atom stereocenters. The Labute approximate surface area is 149 Å². The summed E-state index contributed by atoms with van der Waals surface area (Å²) < 4.78 is 26.8. The molecule has 1 amide bonds. The fourth-order valence-electron chi connectivity index (χ4n) is 3.55. The van der Waals surface area contributed by atoms with Gasteiger partial charge < -0.3 is 14.8 Å². The minimum Gasteiger partial charge on any atom is -0.336 e. The lowest BCUT2D eigenvalue weighted by molar-refractivity contribution is -0.132. The van der Waals surface area contributed by atoms with Gasteiger partial charge in [0.1, 0.15) is 17.6 Å². The molecule has 1 aromatic heterocycles. The Balaban J connectivity index is 0.00000208. The first-order valence-corrected chi connectivity index (χ1v) is 9.89. The van der Waals surface area contributed by atoms with Crippen LogP contribution in [-0.4, -0.2) is 59.4 Å². The van der Waals surface area contributed by atoms with Crippen LogP contribution in [-0.2, 0) is 21.7 Å². The van der Waals surface area contributed by atoms with Gasteiger partial charge in [0.15, 0.2) is 9.84 Å². The molecule has 1 saturated carbocycles. The number of halogens is 1. The normalized spacial score (nSPS) is 22.4. The van der Waals surface area contributed by atoms with Gasteiger partial charge in [-0.1, -0.05) is 12.8 Å². The zero-order chi connectivity index (χ0) is 16.4. The van der Waals surface area contributed by atoms with Crippen molar-refractivity contribution in [3.8, 4) is 0 Å². The highest BCUT2D eigenvalue weighted by molar-refractivity contribution is 7.92. The Kier molecular flexibility index (Phi) is 6.28. The van der Waals surface area contributed by atoms with E-state index in [1.807, 2.05) is 17.8 Å². The number of piperazine rings is 1. The second-order valence-electron chi connectivity index (χ2n) is 6.42. The first-order chi connectivity index (χ1) is 11.0. The number of rotatable bonds is 4. The van der Waals surface area contributed by atoms with Gasteiger partial charge in [-0.15, -0.1) is 12.4 Å². The number of amides is 1. The van der Waals surface area contributed by atoms with Gasteiger partial charge >= 0.3 is 0 Å². The number of carbonyl (C=O) groups excluding carboxylic acids is 1. The van der Waals surface area contributed by atoms with Gasteiger partial charge in [0.05, 0.1) is 5.25 Å². The Morgan fingerprint density at radius 2 is 2.08 bits per heavy atom. The third kappa shape index (κ3) is 3.92. The summed E-state index contributed by atoms with van der Waals surface area (Å²) in [5.74, 6) is 0.105. The molecule has 24 heavy (non-hydrogen) atoms. The van der Waals surface area contributed by atoms with Crippen LogP contribution in [0.4, 0.5) is 0 Å². The molecule has 2 aliphatic rings. The summed E-state index contributed by atoms with van der Waals surface area (Å²) in [6.07, 6.45) is 6.81. The number of aryl methyl sites for hydroxylation is 1. The zero-order valence-corrected chi connectivity index (χ0v) is 15.5. The maximum Gasteiger partial charge on any atom is 0.238 e. The quantitative estimate of drug-likeness (QED) is 0.835. The fourth-order valence-corrected chi connectivity index (χ4v) is 5.35. The van der Waals surface area contributed by atoms with Crippen molar-refractivity contribution >= 4 is 28.2 Å². The van der Waals surface area contributed by atoms with E-state index in [0.29, 0.717) is 32.5 Å². The smallest absolute Gasteiger partial charge is 0.238 e. The summed E-state index contributed by atoms with van der Waals surface area (Å²) in [7, 11) is -1.47. The van der Waals surface area contributed by atoms with Crippen LogP contribution in [0.2, 0.25) is 0 Å².